The molecule has 2 amide bonds. The molecule has 1 saturated heterocycles. The minimum atomic E-state index is -0.354. The summed E-state index contributed by atoms with van der Waals surface area (Å²) >= 11 is 0. The van der Waals surface area contributed by atoms with Crippen molar-refractivity contribution in [3.8, 4) is 0 Å². The normalized spacial score (nSPS) is 15.4. The highest BCUT2D eigenvalue weighted by molar-refractivity contribution is 5.92. The van der Waals surface area contributed by atoms with Crippen molar-refractivity contribution in [3.63, 3.8) is 0 Å². The number of nitrogens with one attached hydrogen (secondary N) is 1. The van der Waals surface area contributed by atoms with Gasteiger partial charge in [0.05, 0.1) is 6.04 Å². The molecular weight excluding hydrogens is 325 g/mol. The van der Waals surface area contributed by atoms with Crippen LogP contribution in [0.25, 0.3) is 0 Å². The Morgan fingerprint density at radius 2 is 2.28 bits per heavy atom. The van der Waals surface area contributed by atoms with Crippen LogP contribution in [-0.2, 0) is 11.2 Å². The van der Waals surface area contributed by atoms with Gasteiger partial charge in [0.25, 0.3) is 5.91 Å². The molecule has 132 valence electrons. The number of likely N-dealkylation sites (tertiary alicyclic amines) is 1. The SMILES string of the molecule is Cc1cc(C(=O)NC[C@@H](Cc2cccc(F)c2)N2CCCC2=O)no1. The van der Waals surface area contributed by atoms with Gasteiger partial charge in [0, 0.05) is 25.6 Å². The molecule has 0 spiro atoms. The van der Waals surface area contributed by atoms with Crippen molar-refractivity contribution in [1.29, 1.82) is 0 Å². The van der Waals surface area contributed by atoms with Gasteiger partial charge in [-0.3, -0.25) is 9.59 Å². The molecule has 25 heavy (non-hydrogen) atoms. The molecule has 1 fully saturated rings. The molecule has 6 nitrogen and oxygen atoms in total. The van der Waals surface area contributed by atoms with Crippen LogP contribution in [0.15, 0.2) is 34.9 Å². The number of carbonyl (C=O) groups is 2. The first-order valence-corrected chi connectivity index (χ1v) is 8.28. The highest BCUT2D eigenvalue weighted by Gasteiger charge is 2.28. The van der Waals surface area contributed by atoms with E-state index in [1.165, 1.54) is 12.1 Å². The summed E-state index contributed by atoms with van der Waals surface area (Å²) in [6.45, 7) is 2.63. The summed E-state index contributed by atoms with van der Waals surface area (Å²) in [5.74, 6) is -0.0528. The minimum Gasteiger partial charge on any atom is -0.361 e. The number of carbonyl (C=O) groups excluding carboxylic acids is 2. The number of hydrogen-bond donors (Lipinski definition) is 1. The van der Waals surface area contributed by atoms with Crippen molar-refractivity contribution in [2.45, 2.75) is 32.2 Å². The third-order valence-corrected chi connectivity index (χ3v) is 4.27. The highest BCUT2D eigenvalue weighted by Crippen LogP contribution is 2.17. The zero-order valence-corrected chi connectivity index (χ0v) is 14.0. The molecule has 1 aliphatic heterocycles. The standard InChI is InChI=1S/C18H20FN3O3/c1-12-8-16(21-25-12)18(24)20-11-15(22-7-3-6-17(22)23)10-13-4-2-5-14(19)9-13/h2,4-5,8-9,15H,3,6-7,10-11H2,1H3,(H,20,24)/t15-/m1/s1. The third-order valence-electron chi connectivity index (χ3n) is 4.27. The number of amides is 2. The molecule has 1 N–H and O–H groups in total. The Bertz CT molecular complexity index is 774. The molecule has 2 heterocycles. The summed E-state index contributed by atoms with van der Waals surface area (Å²) in [7, 11) is 0. The van der Waals surface area contributed by atoms with Crippen molar-refractivity contribution in [2.24, 2.45) is 0 Å². The predicted molar refractivity (Wildman–Crippen MR) is 88.4 cm³/mol. The van der Waals surface area contributed by atoms with Crippen LogP contribution >= 0.6 is 0 Å². The summed E-state index contributed by atoms with van der Waals surface area (Å²) in [5, 5.41) is 6.48. The number of benzene rings is 1. The first-order chi connectivity index (χ1) is 12.0. The van der Waals surface area contributed by atoms with Gasteiger partial charge in [0.15, 0.2) is 5.69 Å². The van der Waals surface area contributed by atoms with Gasteiger partial charge in [-0.25, -0.2) is 4.39 Å². The zero-order valence-electron chi connectivity index (χ0n) is 14.0. The van der Waals surface area contributed by atoms with E-state index in [1.54, 1.807) is 24.0 Å². The van der Waals surface area contributed by atoms with Gasteiger partial charge in [-0.2, -0.15) is 0 Å². The van der Waals surface area contributed by atoms with Crippen molar-refractivity contribution in [2.75, 3.05) is 13.1 Å². The fourth-order valence-electron chi connectivity index (χ4n) is 3.06. The van der Waals surface area contributed by atoms with Crippen molar-refractivity contribution in [1.82, 2.24) is 15.4 Å². The van der Waals surface area contributed by atoms with Crippen LogP contribution in [0, 0.1) is 12.7 Å². The fraction of sp³-hybridized carbons (Fsp3) is 0.389. The predicted octanol–water partition coefficient (Wildman–Crippen LogP) is 2.09. The molecule has 1 aromatic heterocycles. The summed E-state index contributed by atoms with van der Waals surface area (Å²) < 4.78 is 18.3. The lowest BCUT2D eigenvalue weighted by atomic mass is 10.0. The number of halogens is 1. The van der Waals surface area contributed by atoms with E-state index < -0.39 is 0 Å². The second kappa shape index (κ2) is 7.46. The molecule has 1 aromatic carbocycles. The van der Waals surface area contributed by atoms with E-state index >= 15 is 0 Å². The molecule has 7 heteroatoms. The minimum absolute atomic E-state index is 0.0629. The van der Waals surface area contributed by atoms with Crippen LogP contribution in [0.3, 0.4) is 0 Å². The van der Waals surface area contributed by atoms with E-state index in [1.807, 2.05) is 6.07 Å². The lowest BCUT2D eigenvalue weighted by Crippen LogP contribution is -2.45. The molecule has 3 rings (SSSR count). The molecule has 0 aliphatic carbocycles. The van der Waals surface area contributed by atoms with Crippen LogP contribution in [0.4, 0.5) is 4.39 Å². The number of aryl methyl sites for hydroxylation is 1. The fourth-order valence-corrected chi connectivity index (χ4v) is 3.06. The van der Waals surface area contributed by atoms with Gasteiger partial charge in [0.2, 0.25) is 5.91 Å². The monoisotopic (exact) mass is 345 g/mol. The molecule has 1 aliphatic rings. The zero-order chi connectivity index (χ0) is 17.8. The van der Waals surface area contributed by atoms with Crippen LogP contribution in [0.2, 0.25) is 0 Å². The van der Waals surface area contributed by atoms with Gasteiger partial charge in [-0.1, -0.05) is 17.3 Å². The van der Waals surface area contributed by atoms with Crippen molar-refractivity contribution >= 4 is 11.8 Å². The molecule has 0 unspecified atom stereocenters. The van der Waals surface area contributed by atoms with E-state index in [9.17, 15) is 14.0 Å². The van der Waals surface area contributed by atoms with Gasteiger partial charge < -0.3 is 14.7 Å². The smallest absolute Gasteiger partial charge is 0.273 e. The molecule has 1 atom stereocenters. The Morgan fingerprint density at radius 1 is 1.44 bits per heavy atom. The number of hydrogen-bond acceptors (Lipinski definition) is 4. The van der Waals surface area contributed by atoms with Crippen molar-refractivity contribution < 1.29 is 18.5 Å². The topological polar surface area (TPSA) is 75.4 Å². The second-order valence-corrected chi connectivity index (χ2v) is 6.21. The third kappa shape index (κ3) is 4.23. The van der Waals surface area contributed by atoms with Gasteiger partial charge in [-0.05, 0) is 37.5 Å². The van der Waals surface area contributed by atoms with Gasteiger partial charge >= 0.3 is 0 Å². The van der Waals surface area contributed by atoms with Crippen LogP contribution < -0.4 is 5.32 Å². The molecule has 0 bridgehead atoms. The Kier molecular flexibility index (Phi) is 5.11. The Morgan fingerprint density at radius 3 is 2.92 bits per heavy atom. The first kappa shape index (κ1) is 17.1. The van der Waals surface area contributed by atoms with Crippen LogP contribution in [0.5, 0.6) is 0 Å². The maximum Gasteiger partial charge on any atom is 0.273 e. The Balaban J connectivity index is 1.70. The van der Waals surface area contributed by atoms with Crippen molar-refractivity contribution in [3.05, 3.63) is 53.2 Å². The molecular formula is C18H20FN3O3. The summed E-state index contributed by atoms with van der Waals surface area (Å²) in [5.41, 5.74) is 0.992. The Hall–Kier alpha value is -2.70. The maximum atomic E-state index is 13.4. The van der Waals surface area contributed by atoms with E-state index in [-0.39, 0.29) is 35.9 Å². The van der Waals surface area contributed by atoms with E-state index in [0.29, 0.717) is 25.1 Å². The number of aromatic nitrogens is 1. The van der Waals surface area contributed by atoms with E-state index in [4.69, 9.17) is 4.52 Å². The lowest BCUT2D eigenvalue weighted by Gasteiger charge is -2.28. The second-order valence-electron chi connectivity index (χ2n) is 6.21. The molecule has 0 saturated carbocycles. The maximum absolute atomic E-state index is 13.4. The largest absolute Gasteiger partial charge is 0.361 e. The average molecular weight is 345 g/mol. The van der Waals surface area contributed by atoms with Gasteiger partial charge in [-0.15, -0.1) is 0 Å². The van der Waals surface area contributed by atoms with Crippen LogP contribution in [0.1, 0.15) is 34.7 Å². The van der Waals surface area contributed by atoms with Crippen LogP contribution in [-0.4, -0.2) is 41.0 Å². The van der Waals surface area contributed by atoms with E-state index in [0.717, 1.165) is 12.0 Å². The number of rotatable bonds is 6. The molecule has 0 radical (unpaired) electrons. The van der Waals surface area contributed by atoms with E-state index in [2.05, 4.69) is 10.5 Å². The first-order valence-electron chi connectivity index (χ1n) is 8.28. The quantitative estimate of drug-likeness (QED) is 0.870. The highest BCUT2D eigenvalue weighted by atomic mass is 19.1. The summed E-state index contributed by atoms with van der Waals surface area (Å²) in [6, 6.07) is 7.63. The van der Waals surface area contributed by atoms with Gasteiger partial charge in [0.1, 0.15) is 11.6 Å². The molecule has 2 aromatic rings. The number of nitrogens with zero attached hydrogens (tertiary/aromatic N) is 2. The Labute approximate surface area is 145 Å². The summed E-state index contributed by atoms with van der Waals surface area (Å²) in [4.78, 5) is 26.0. The average Bonchev–Trinajstić information content (AvgIpc) is 3.20. The summed E-state index contributed by atoms with van der Waals surface area (Å²) in [6.07, 6.45) is 1.78. The lowest BCUT2D eigenvalue weighted by molar-refractivity contribution is -0.129.